The van der Waals surface area contributed by atoms with Gasteiger partial charge in [0.25, 0.3) is 0 Å². The Morgan fingerprint density at radius 2 is 1.34 bits per heavy atom. The highest BCUT2D eigenvalue weighted by atomic mass is 16.5. The van der Waals surface area contributed by atoms with E-state index in [1.807, 2.05) is 70.2 Å². The van der Waals surface area contributed by atoms with E-state index in [4.69, 9.17) is 9.47 Å². The first-order valence-corrected chi connectivity index (χ1v) is 11.4. The van der Waals surface area contributed by atoms with E-state index in [1.165, 1.54) is 5.56 Å². The minimum atomic E-state index is -0.0254. The van der Waals surface area contributed by atoms with Gasteiger partial charge in [-0.05, 0) is 97.0 Å². The topological polar surface area (TPSA) is 79.2 Å². The molecule has 0 bridgehead atoms. The number of aryl methyl sites for hydroxylation is 3. The highest BCUT2D eigenvalue weighted by molar-refractivity contribution is 5.86. The van der Waals surface area contributed by atoms with Crippen LogP contribution in [0.2, 0.25) is 0 Å². The van der Waals surface area contributed by atoms with Gasteiger partial charge >= 0.3 is 0 Å². The second-order valence-electron chi connectivity index (χ2n) is 8.89. The third kappa shape index (κ3) is 4.76. The Hall–Kier alpha value is -4.12. The van der Waals surface area contributed by atoms with Crippen molar-refractivity contribution in [3.05, 3.63) is 88.5 Å². The lowest BCUT2D eigenvalue weighted by Crippen LogP contribution is -1.97. The Morgan fingerprint density at radius 1 is 0.686 bits per heavy atom. The number of benzene rings is 4. The van der Waals surface area contributed by atoms with Crippen LogP contribution in [-0.2, 0) is 6.61 Å². The summed E-state index contributed by atoms with van der Waals surface area (Å²) in [7, 11) is 1.55. The molecular weight excluding hydrogens is 440 g/mol. The van der Waals surface area contributed by atoms with Crippen molar-refractivity contribution < 1.29 is 24.8 Å². The van der Waals surface area contributed by atoms with Gasteiger partial charge in [0.1, 0.15) is 23.9 Å². The molecule has 0 amide bonds. The average molecular weight is 471 g/mol. The van der Waals surface area contributed by atoms with Crippen molar-refractivity contribution in [3.63, 3.8) is 0 Å². The molecule has 0 aliphatic carbocycles. The van der Waals surface area contributed by atoms with Gasteiger partial charge in [-0.2, -0.15) is 0 Å². The predicted molar refractivity (Wildman–Crippen MR) is 139 cm³/mol. The molecule has 0 aromatic heterocycles. The lowest BCUT2D eigenvalue weighted by Gasteiger charge is -2.18. The van der Waals surface area contributed by atoms with Gasteiger partial charge in [-0.3, -0.25) is 0 Å². The Kier molecular flexibility index (Phi) is 6.61. The number of phenols is 3. The molecule has 5 nitrogen and oxygen atoms in total. The summed E-state index contributed by atoms with van der Waals surface area (Å²) in [5.74, 6) is 1.13. The van der Waals surface area contributed by atoms with E-state index in [0.29, 0.717) is 34.8 Å². The van der Waals surface area contributed by atoms with Crippen LogP contribution in [0.1, 0.15) is 27.8 Å². The van der Waals surface area contributed by atoms with Crippen LogP contribution < -0.4 is 9.47 Å². The molecule has 0 saturated heterocycles. The first-order chi connectivity index (χ1) is 16.7. The van der Waals surface area contributed by atoms with E-state index in [9.17, 15) is 15.3 Å². The van der Waals surface area contributed by atoms with E-state index in [1.54, 1.807) is 25.3 Å². The van der Waals surface area contributed by atoms with Crippen LogP contribution in [0.25, 0.3) is 22.3 Å². The quantitative estimate of drug-likeness (QED) is 0.284. The maximum absolute atomic E-state index is 11.2. The average Bonchev–Trinajstić information content (AvgIpc) is 2.84. The van der Waals surface area contributed by atoms with Gasteiger partial charge in [-0.1, -0.05) is 35.9 Å². The minimum Gasteiger partial charge on any atom is -0.507 e. The Balaban J connectivity index is 1.70. The van der Waals surface area contributed by atoms with Crippen molar-refractivity contribution in [1.29, 1.82) is 0 Å². The molecule has 4 aromatic rings. The molecule has 3 N–H and O–H groups in total. The maximum Gasteiger partial charge on any atom is 0.161 e. The van der Waals surface area contributed by atoms with Gasteiger partial charge in [-0.25, -0.2) is 0 Å². The lowest BCUT2D eigenvalue weighted by atomic mass is 9.91. The molecule has 0 aliphatic rings. The highest BCUT2D eigenvalue weighted by Crippen LogP contribution is 2.46. The first kappa shape index (κ1) is 24.0. The van der Waals surface area contributed by atoms with Crippen LogP contribution in [-0.4, -0.2) is 22.4 Å². The molecule has 0 unspecified atom stereocenters. The number of rotatable bonds is 6. The van der Waals surface area contributed by atoms with Crippen molar-refractivity contribution in [2.75, 3.05) is 7.11 Å². The van der Waals surface area contributed by atoms with Gasteiger partial charge in [0, 0.05) is 0 Å². The summed E-state index contributed by atoms with van der Waals surface area (Å²) < 4.78 is 11.5. The van der Waals surface area contributed by atoms with E-state index < -0.39 is 0 Å². The van der Waals surface area contributed by atoms with Crippen molar-refractivity contribution >= 4 is 0 Å². The fourth-order valence-electron chi connectivity index (χ4n) is 4.23. The summed E-state index contributed by atoms with van der Waals surface area (Å²) in [6.45, 7) is 7.89. The van der Waals surface area contributed by atoms with Crippen LogP contribution in [0.5, 0.6) is 28.7 Å². The van der Waals surface area contributed by atoms with Crippen molar-refractivity contribution in [3.8, 4) is 51.0 Å². The lowest BCUT2D eigenvalue weighted by molar-refractivity contribution is 0.289. The number of aromatic hydroxyl groups is 3. The summed E-state index contributed by atoms with van der Waals surface area (Å²) in [6, 6.07) is 18.7. The molecule has 4 rings (SSSR count). The molecule has 0 radical (unpaired) electrons. The Bertz CT molecular complexity index is 1360. The number of ether oxygens (including phenoxy) is 2. The zero-order chi connectivity index (χ0) is 25.3. The second kappa shape index (κ2) is 9.63. The molecule has 0 saturated carbocycles. The SMILES string of the molecule is COc1cc(-c2cc(C)c(O)c(C)c2)c(C)c(O)c1-c1ccc(OCc2ccc(C)cc2)c(O)c1. The molecule has 35 heavy (non-hydrogen) atoms. The largest absolute Gasteiger partial charge is 0.507 e. The van der Waals surface area contributed by atoms with Crippen LogP contribution in [0.15, 0.2) is 60.7 Å². The molecule has 180 valence electrons. The molecule has 5 heteroatoms. The van der Waals surface area contributed by atoms with Crippen LogP contribution >= 0.6 is 0 Å². The first-order valence-electron chi connectivity index (χ1n) is 11.4. The van der Waals surface area contributed by atoms with E-state index in [0.717, 1.165) is 27.8 Å². The van der Waals surface area contributed by atoms with Gasteiger partial charge in [0.15, 0.2) is 11.5 Å². The molecule has 4 aromatic carbocycles. The van der Waals surface area contributed by atoms with Crippen LogP contribution in [0.4, 0.5) is 0 Å². The zero-order valence-corrected chi connectivity index (χ0v) is 20.6. The second-order valence-corrected chi connectivity index (χ2v) is 8.89. The van der Waals surface area contributed by atoms with Gasteiger partial charge in [0.2, 0.25) is 0 Å². The minimum absolute atomic E-state index is 0.0254. The molecule has 0 fully saturated rings. The van der Waals surface area contributed by atoms with E-state index in [2.05, 4.69) is 0 Å². The number of hydrogen-bond acceptors (Lipinski definition) is 5. The van der Waals surface area contributed by atoms with Crippen molar-refractivity contribution in [2.45, 2.75) is 34.3 Å². The summed E-state index contributed by atoms with van der Waals surface area (Å²) in [4.78, 5) is 0. The van der Waals surface area contributed by atoms with Gasteiger partial charge in [0.05, 0.1) is 12.7 Å². The Labute approximate surface area is 205 Å². The predicted octanol–water partition coefficient (Wildman–Crippen LogP) is 6.96. The number of hydrogen-bond donors (Lipinski definition) is 3. The summed E-state index contributed by atoms with van der Waals surface area (Å²) in [5, 5.41) is 32.0. The van der Waals surface area contributed by atoms with Crippen molar-refractivity contribution in [2.24, 2.45) is 0 Å². The molecule has 0 aliphatic heterocycles. The number of methoxy groups -OCH3 is 1. The normalized spacial score (nSPS) is 10.9. The third-order valence-corrected chi connectivity index (χ3v) is 6.30. The summed E-state index contributed by atoms with van der Waals surface area (Å²) >= 11 is 0. The summed E-state index contributed by atoms with van der Waals surface area (Å²) in [6.07, 6.45) is 0. The van der Waals surface area contributed by atoms with E-state index in [-0.39, 0.29) is 17.2 Å². The monoisotopic (exact) mass is 470 g/mol. The summed E-state index contributed by atoms with van der Waals surface area (Å²) in [5.41, 5.74) is 7.13. The molecule has 0 heterocycles. The fourth-order valence-corrected chi connectivity index (χ4v) is 4.23. The maximum atomic E-state index is 11.2. The smallest absolute Gasteiger partial charge is 0.161 e. The highest BCUT2D eigenvalue weighted by Gasteiger charge is 2.20. The van der Waals surface area contributed by atoms with Gasteiger partial charge < -0.3 is 24.8 Å². The number of phenolic OH excluding ortho intramolecular Hbond substituents is 3. The van der Waals surface area contributed by atoms with Crippen LogP contribution in [0.3, 0.4) is 0 Å². The molecular formula is C30H30O5. The van der Waals surface area contributed by atoms with E-state index >= 15 is 0 Å². The van der Waals surface area contributed by atoms with Gasteiger partial charge in [-0.15, -0.1) is 0 Å². The molecule has 0 spiro atoms. The fraction of sp³-hybridized carbons (Fsp3) is 0.200. The third-order valence-electron chi connectivity index (χ3n) is 6.30. The zero-order valence-electron chi connectivity index (χ0n) is 20.6. The Morgan fingerprint density at radius 3 is 1.94 bits per heavy atom. The standard InChI is InChI=1S/C30H30O5/c1-17-6-8-21(9-7-17)16-35-26-11-10-22(14-25(26)31)28-27(34-5)15-24(20(4)30(28)33)23-12-18(2)29(32)19(3)13-23/h6-15,31-33H,16H2,1-5H3. The molecule has 0 atom stereocenters. The van der Waals surface area contributed by atoms with Crippen LogP contribution in [0, 0.1) is 27.7 Å². The van der Waals surface area contributed by atoms with Crippen molar-refractivity contribution in [1.82, 2.24) is 0 Å².